The van der Waals surface area contributed by atoms with Crippen LogP contribution in [0.2, 0.25) is 0 Å². The van der Waals surface area contributed by atoms with E-state index < -0.39 is 39.9 Å². The molecule has 2 N–H and O–H groups in total. The SMILES string of the molecule is O=C1CN(c2c(O)ccc(-c3cnn(CCc4ccccc4)c3)c2F)S(=O)(=O)N1. The lowest BCUT2D eigenvalue weighted by Gasteiger charge is -2.18. The summed E-state index contributed by atoms with van der Waals surface area (Å²) in [6.45, 7) is -0.0257. The molecule has 1 aliphatic heterocycles. The molecule has 0 spiro atoms. The highest BCUT2D eigenvalue weighted by molar-refractivity contribution is 7.92. The Balaban J connectivity index is 1.63. The molecule has 4 rings (SSSR count). The summed E-state index contributed by atoms with van der Waals surface area (Å²) in [7, 11) is -4.25. The fraction of sp³-hybridized carbons (Fsp3) is 0.158. The monoisotopic (exact) mass is 416 g/mol. The van der Waals surface area contributed by atoms with Gasteiger partial charge in [-0.2, -0.15) is 13.5 Å². The van der Waals surface area contributed by atoms with Gasteiger partial charge in [0.05, 0.1) is 6.20 Å². The van der Waals surface area contributed by atoms with Crippen molar-refractivity contribution in [2.75, 3.05) is 10.8 Å². The second kappa shape index (κ2) is 7.21. The normalized spacial score (nSPS) is 15.5. The van der Waals surface area contributed by atoms with Crippen molar-refractivity contribution in [1.82, 2.24) is 14.5 Å². The maximum Gasteiger partial charge on any atom is 0.326 e. The molecule has 1 saturated heterocycles. The summed E-state index contributed by atoms with van der Waals surface area (Å²) in [5, 5.41) is 14.3. The number of phenolic OH excluding ortho intramolecular Hbond substituents is 1. The summed E-state index contributed by atoms with van der Waals surface area (Å²) in [6.07, 6.45) is 3.85. The molecule has 29 heavy (non-hydrogen) atoms. The number of halogens is 1. The molecule has 8 nitrogen and oxygen atoms in total. The van der Waals surface area contributed by atoms with Crippen molar-refractivity contribution in [2.24, 2.45) is 0 Å². The molecule has 2 aromatic carbocycles. The lowest BCUT2D eigenvalue weighted by atomic mass is 10.1. The smallest absolute Gasteiger partial charge is 0.326 e. The quantitative estimate of drug-likeness (QED) is 0.660. The summed E-state index contributed by atoms with van der Waals surface area (Å²) >= 11 is 0. The van der Waals surface area contributed by atoms with Crippen LogP contribution in [0.15, 0.2) is 54.9 Å². The number of benzene rings is 2. The lowest BCUT2D eigenvalue weighted by molar-refractivity contribution is -0.117. The summed E-state index contributed by atoms with van der Waals surface area (Å²) in [4.78, 5) is 11.5. The van der Waals surface area contributed by atoms with Gasteiger partial charge in [-0.15, -0.1) is 0 Å². The van der Waals surface area contributed by atoms with Crippen molar-refractivity contribution in [3.63, 3.8) is 0 Å². The Kier molecular flexibility index (Phi) is 4.71. The molecule has 0 atom stereocenters. The molecule has 10 heteroatoms. The minimum Gasteiger partial charge on any atom is -0.506 e. The summed E-state index contributed by atoms with van der Waals surface area (Å²) in [5.74, 6) is -2.33. The Morgan fingerprint density at radius 1 is 1.17 bits per heavy atom. The molecule has 2 heterocycles. The van der Waals surface area contributed by atoms with Crippen LogP contribution in [0.5, 0.6) is 5.75 Å². The molecule has 1 amide bonds. The zero-order chi connectivity index (χ0) is 20.6. The van der Waals surface area contributed by atoms with Crippen LogP contribution in [0.4, 0.5) is 10.1 Å². The van der Waals surface area contributed by atoms with Crippen molar-refractivity contribution in [3.8, 4) is 16.9 Å². The van der Waals surface area contributed by atoms with Crippen LogP contribution >= 0.6 is 0 Å². The number of aromatic nitrogens is 2. The van der Waals surface area contributed by atoms with Gasteiger partial charge in [-0.3, -0.25) is 9.48 Å². The third kappa shape index (κ3) is 3.66. The van der Waals surface area contributed by atoms with Crippen LogP contribution < -0.4 is 9.03 Å². The number of phenols is 1. The predicted octanol–water partition coefficient (Wildman–Crippen LogP) is 1.82. The van der Waals surface area contributed by atoms with Crippen LogP contribution in [0.3, 0.4) is 0 Å². The van der Waals surface area contributed by atoms with E-state index in [1.165, 1.54) is 18.3 Å². The molecule has 1 aliphatic rings. The van der Waals surface area contributed by atoms with E-state index in [4.69, 9.17) is 0 Å². The highest BCUT2D eigenvalue weighted by atomic mass is 32.2. The Morgan fingerprint density at radius 3 is 2.62 bits per heavy atom. The molecule has 1 fully saturated rings. The predicted molar refractivity (Wildman–Crippen MR) is 104 cm³/mol. The number of carbonyl (C=O) groups excluding carboxylic acids is 1. The third-order valence-corrected chi connectivity index (χ3v) is 5.96. The highest BCUT2D eigenvalue weighted by Gasteiger charge is 2.38. The minimum absolute atomic E-state index is 0.0679. The van der Waals surface area contributed by atoms with Crippen molar-refractivity contribution in [2.45, 2.75) is 13.0 Å². The Bertz CT molecular complexity index is 1180. The summed E-state index contributed by atoms with van der Waals surface area (Å²) in [6, 6.07) is 12.4. The van der Waals surface area contributed by atoms with Crippen LogP contribution in [0.1, 0.15) is 5.56 Å². The fourth-order valence-corrected chi connectivity index (χ4v) is 4.34. The van der Waals surface area contributed by atoms with Gasteiger partial charge in [-0.05, 0) is 24.1 Å². The van der Waals surface area contributed by atoms with Gasteiger partial charge in [-0.1, -0.05) is 30.3 Å². The Hall–Kier alpha value is -3.40. The number of aryl methyl sites for hydroxylation is 2. The van der Waals surface area contributed by atoms with Gasteiger partial charge >= 0.3 is 10.2 Å². The molecular weight excluding hydrogens is 399 g/mol. The summed E-state index contributed by atoms with van der Waals surface area (Å²) in [5.41, 5.74) is 1.06. The summed E-state index contributed by atoms with van der Waals surface area (Å²) < 4.78 is 43.2. The van der Waals surface area contributed by atoms with Gasteiger partial charge in [0, 0.05) is 23.9 Å². The second-order valence-corrected chi connectivity index (χ2v) is 8.15. The minimum atomic E-state index is -4.25. The largest absolute Gasteiger partial charge is 0.506 e. The van der Waals surface area contributed by atoms with E-state index in [-0.39, 0.29) is 5.56 Å². The van der Waals surface area contributed by atoms with E-state index in [1.807, 2.05) is 30.3 Å². The molecule has 0 radical (unpaired) electrons. The average molecular weight is 416 g/mol. The number of rotatable bonds is 5. The zero-order valence-corrected chi connectivity index (χ0v) is 15.9. The maximum absolute atomic E-state index is 15.2. The number of hydrogen-bond acceptors (Lipinski definition) is 5. The number of anilines is 1. The van der Waals surface area contributed by atoms with Gasteiger partial charge in [0.15, 0.2) is 5.82 Å². The standard InChI is InChI=1S/C19H17FN4O4S/c20-18-15(6-7-16(25)19(18)24-12-17(26)22-29(24,27)28)14-10-21-23(11-14)9-8-13-4-2-1-3-5-13/h1-7,10-11,25H,8-9,12H2,(H,22,26). The van der Waals surface area contributed by atoms with Crippen LogP contribution in [-0.4, -0.2) is 35.8 Å². The number of nitrogens with one attached hydrogen (secondary N) is 1. The molecule has 0 unspecified atom stereocenters. The molecule has 0 aliphatic carbocycles. The molecule has 0 saturated carbocycles. The molecular formula is C19H17FN4O4S. The first kappa shape index (κ1) is 18.9. The first-order chi connectivity index (χ1) is 13.8. The van der Waals surface area contributed by atoms with Crippen LogP contribution in [0.25, 0.3) is 11.1 Å². The lowest BCUT2D eigenvalue weighted by Crippen LogP contribution is -2.30. The number of carbonyl (C=O) groups is 1. The molecule has 150 valence electrons. The maximum atomic E-state index is 15.2. The van der Waals surface area contributed by atoms with Crippen LogP contribution in [-0.2, 0) is 28.0 Å². The molecule has 0 bridgehead atoms. The zero-order valence-electron chi connectivity index (χ0n) is 15.1. The van der Waals surface area contributed by atoms with E-state index in [0.717, 1.165) is 12.0 Å². The van der Waals surface area contributed by atoms with E-state index >= 15 is 4.39 Å². The average Bonchev–Trinajstić information content (AvgIpc) is 3.25. The van der Waals surface area contributed by atoms with E-state index in [0.29, 0.717) is 16.4 Å². The van der Waals surface area contributed by atoms with Gasteiger partial charge in [0.1, 0.15) is 18.0 Å². The Labute approximate surface area is 166 Å². The Morgan fingerprint density at radius 2 is 1.93 bits per heavy atom. The second-order valence-electron chi connectivity index (χ2n) is 6.56. The van der Waals surface area contributed by atoms with Crippen molar-refractivity contribution < 1.29 is 22.7 Å². The fourth-order valence-electron chi connectivity index (χ4n) is 3.17. The number of aromatic hydroxyl groups is 1. The van der Waals surface area contributed by atoms with E-state index in [9.17, 15) is 18.3 Å². The third-order valence-electron chi connectivity index (χ3n) is 4.58. The number of nitrogens with zero attached hydrogens (tertiary/aromatic N) is 3. The number of amides is 1. The van der Waals surface area contributed by atoms with E-state index in [1.54, 1.807) is 15.6 Å². The number of hydrogen-bond donors (Lipinski definition) is 2. The molecule has 1 aromatic heterocycles. The van der Waals surface area contributed by atoms with Crippen LogP contribution in [0, 0.1) is 5.82 Å². The first-order valence-electron chi connectivity index (χ1n) is 8.77. The van der Waals surface area contributed by atoms with Gasteiger partial charge in [-0.25, -0.2) is 13.4 Å². The van der Waals surface area contributed by atoms with Crippen molar-refractivity contribution in [3.05, 3.63) is 66.2 Å². The van der Waals surface area contributed by atoms with Crippen molar-refractivity contribution in [1.29, 1.82) is 0 Å². The highest BCUT2D eigenvalue weighted by Crippen LogP contribution is 2.38. The van der Waals surface area contributed by atoms with E-state index in [2.05, 4.69) is 5.10 Å². The first-order valence-corrected chi connectivity index (χ1v) is 10.2. The van der Waals surface area contributed by atoms with Gasteiger partial charge in [0.2, 0.25) is 0 Å². The van der Waals surface area contributed by atoms with Gasteiger partial charge in [0.25, 0.3) is 5.91 Å². The molecule has 3 aromatic rings. The van der Waals surface area contributed by atoms with Crippen molar-refractivity contribution >= 4 is 21.8 Å². The van der Waals surface area contributed by atoms with Gasteiger partial charge < -0.3 is 5.11 Å². The topological polar surface area (TPSA) is 105 Å².